The van der Waals surface area contributed by atoms with Crippen LogP contribution in [0.15, 0.2) is 0 Å². The second-order valence-electron chi connectivity index (χ2n) is 5.76. The van der Waals surface area contributed by atoms with Gasteiger partial charge in [-0.2, -0.15) is 0 Å². The van der Waals surface area contributed by atoms with Crippen molar-refractivity contribution in [3.8, 4) is 0 Å². The molecule has 0 spiro atoms. The van der Waals surface area contributed by atoms with Gasteiger partial charge in [-0.15, -0.1) is 0 Å². The van der Waals surface area contributed by atoms with Crippen LogP contribution in [0.2, 0.25) is 17.2 Å². The van der Waals surface area contributed by atoms with E-state index in [1.807, 2.05) is 0 Å². The Hall–Kier alpha value is 0.759. The van der Waals surface area contributed by atoms with E-state index in [0.29, 0.717) is 10.5 Å². The van der Waals surface area contributed by atoms with E-state index in [1.54, 1.807) is 0 Å². The molecule has 0 amide bonds. The Bertz CT molecular complexity index is 149. The van der Waals surface area contributed by atoms with Crippen molar-refractivity contribution in [2.45, 2.75) is 83.5 Å². The normalized spacial score (nSPS) is 13.9. The maximum atomic E-state index is 9.62. The van der Waals surface area contributed by atoms with Gasteiger partial charge in [0.15, 0.2) is 0 Å². The second-order valence-corrected chi connectivity index (χ2v) is 20.6. The number of rotatable bonds is 11. The molecule has 1 atom stereocenters. The number of unbranched alkanes of at least 4 members (excludes halogenated alkanes) is 3. The summed E-state index contributed by atoms with van der Waals surface area (Å²) in [5.74, 6) is 0. The molecule has 0 aliphatic heterocycles. The summed E-state index contributed by atoms with van der Waals surface area (Å²) in [6.07, 6.45) is 8.22. The molecule has 0 rings (SSSR count). The molecule has 2 heteroatoms. The molecule has 1 N–H and O–H groups in total. The topological polar surface area (TPSA) is 20.2 Å². The van der Waals surface area contributed by atoms with Crippen molar-refractivity contribution in [3.05, 3.63) is 0 Å². The zero-order valence-electron chi connectivity index (χ0n) is 12.6. The van der Waals surface area contributed by atoms with Gasteiger partial charge in [0.05, 0.1) is 0 Å². The molecule has 0 radical (unpaired) electrons. The predicted octanol–water partition coefficient (Wildman–Crippen LogP) is 5.22. The summed E-state index contributed by atoms with van der Waals surface area (Å²) in [7, 11) is 0. The van der Waals surface area contributed by atoms with Gasteiger partial charge in [-0.1, -0.05) is 0 Å². The average molecular weight is 349 g/mol. The Morgan fingerprint density at radius 2 is 1.18 bits per heavy atom. The van der Waals surface area contributed by atoms with Gasteiger partial charge in [-0.05, 0) is 0 Å². The van der Waals surface area contributed by atoms with Gasteiger partial charge in [-0.25, -0.2) is 0 Å². The Kier molecular flexibility index (Phi) is 11.1. The van der Waals surface area contributed by atoms with Crippen LogP contribution in [-0.4, -0.2) is 30.1 Å². The Labute approximate surface area is 113 Å². The van der Waals surface area contributed by atoms with E-state index < -0.39 is 18.4 Å². The summed E-state index contributed by atoms with van der Waals surface area (Å²) < 4.78 is 5.24. The molecular weight excluding hydrogens is 315 g/mol. The molecule has 0 aliphatic carbocycles. The van der Waals surface area contributed by atoms with E-state index in [4.69, 9.17) is 0 Å². The van der Waals surface area contributed by atoms with Crippen LogP contribution in [0.4, 0.5) is 0 Å². The molecule has 0 aromatic carbocycles. The molecule has 0 bridgehead atoms. The van der Waals surface area contributed by atoms with Crippen LogP contribution in [0.25, 0.3) is 0 Å². The number of aliphatic hydroxyl groups is 1. The van der Waals surface area contributed by atoms with Crippen molar-refractivity contribution in [2.24, 2.45) is 0 Å². The third kappa shape index (κ3) is 6.47. The Balaban J connectivity index is 4.63. The monoisotopic (exact) mass is 350 g/mol. The zero-order chi connectivity index (χ0) is 13.1. The first-order valence-electron chi connectivity index (χ1n) is 7.77. The van der Waals surface area contributed by atoms with Crippen molar-refractivity contribution in [1.29, 1.82) is 0 Å². The molecule has 0 fully saturated rings. The first kappa shape index (κ1) is 17.8. The van der Waals surface area contributed by atoms with Crippen LogP contribution in [-0.2, 0) is 0 Å². The second kappa shape index (κ2) is 10.7. The maximum absolute atomic E-state index is 9.62. The van der Waals surface area contributed by atoms with Crippen molar-refractivity contribution in [2.75, 3.05) is 6.61 Å². The quantitative estimate of drug-likeness (QED) is 0.507. The van der Waals surface area contributed by atoms with Crippen LogP contribution in [0, 0.1) is 0 Å². The molecule has 1 unspecified atom stereocenters. The molecule has 0 saturated heterocycles. The fourth-order valence-corrected chi connectivity index (χ4v) is 19.4. The first-order chi connectivity index (χ1) is 8.16. The van der Waals surface area contributed by atoms with Crippen molar-refractivity contribution in [1.82, 2.24) is 0 Å². The third-order valence-electron chi connectivity index (χ3n) is 4.40. The van der Waals surface area contributed by atoms with Gasteiger partial charge in [0, 0.05) is 0 Å². The van der Waals surface area contributed by atoms with Crippen LogP contribution < -0.4 is 0 Å². The molecule has 0 aromatic rings. The fraction of sp³-hybridized carbons (Fsp3) is 1.00. The fourth-order valence-electron chi connectivity index (χ4n) is 2.89. The van der Waals surface area contributed by atoms with Gasteiger partial charge in [-0.3, -0.25) is 0 Å². The summed E-state index contributed by atoms with van der Waals surface area (Å²) in [6, 6.07) is 0. The van der Waals surface area contributed by atoms with Crippen molar-refractivity contribution in [3.63, 3.8) is 0 Å². The molecule has 17 heavy (non-hydrogen) atoms. The van der Waals surface area contributed by atoms with Crippen LogP contribution in [0.5, 0.6) is 0 Å². The standard InChI is InChI=1S/3C4H9.C3H7O.Sn/c3*1-3-4-2;1-2-3-4;/h3*1,3-4H2,2H3;2,4H,3H2,1H3;. The van der Waals surface area contributed by atoms with E-state index in [9.17, 15) is 5.11 Å². The molecule has 1 nitrogen and oxygen atoms in total. The Morgan fingerprint density at radius 1 is 0.824 bits per heavy atom. The summed E-state index contributed by atoms with van der Waals surface area (Å²) in [6.45, 7) is 9.71. The first-order valence-corrected chi connectivity index (χ1v) is 15.5. The molecule has 0 aliphatic rings. The summed E-state index contributed by atoms with van der Waals surface area (Å²) in [5, 5.41) is 9.62. The molecule has 0 saturated carbocycles. The predicted molar refractivity (Wildman–Crippen MR) is 81.4 cm³/mol. The van der Waals surface area contributed by atoms with Crippen LogP contribution in [0.1, 0.15) is 66.2 Å². The number of hydrogen-bond donors (Lipinski definition) is 1. The minimum absolute atomic E-state index is 0.452. The zero-order valence-corrected chi connectivity index (χ0v) is 15.4. The van der Waals surface area contributed by atoms with E-state index in [-0.39, 0.29) is 0 Å². The molecule has 0 aromatic heterocycles. The van der Waals surface area contributed by atoms with E-state index in [0.717, 1.165) is 0 Å². The number of aliphatic hydroxyl groups excluding tert-OH is 1. The van der Waals surface area contributed by atoms with Gasteiger partial charge in [0.25, 0.3) is 0 Å². The van der Waals surface area contributed by atoms with Crippen LogP contribution in [0.3, 0.4) is 0 Å². The van der Waals surface area contributed by atoms with E-state index >= 15 is 0 Å². The van der Waals surface area contributed by atoms with Gasteiger partial charge in [0.2, 0.25) is 0 Å². The summed E-state index contributed by atoms with van der Waals surface area (Å²) >= 11 is -2.04. The molecular formula is C15H34OSn. The van der Waals surface area contributed by atoms with E-state index in [1.165, 1.54) is 51.8 Å². The van der Waals surface area contributed by atoms with E-state index in [2.05, 4.69) is 27.7 Å². The van der Waals surface area contributed by atoms with Gasteiger partial charge in [0.1, 0.15) is 0 Å². The molecule has 104 valence electrons. The van der Waals surface area contributed by atoms with Gasteiger partial charge >= 0.3 is 114 Å². The Morgan fingerprint density at radius 3 is 1.41 bits per heavy atom. The van der Waals surface area contributed by atoms with Crippen molar-refractivity contribution >= 4 is 18.4 Å². The number of hydrogen-bond acceptors (Lipinski definition) is 1. The SMILES string of the molecule is CCC[CH2][Sn]([CH2]CCC)([CH2]CCC)[CH](C)CO. The van der Waals surface area contributed by atoms with Crippen LogP contribution >= 0.6 is 0 Å². The minimum atomic E-state index is -2.04. The third-order valence-corrected chi connectivity index (χ3v) is 22.4. The van der Waals surface area contributed by atoms with Crippen molar-refractivity contribution < 1.29 is 5.11 Å². The summed E-state index contributed by atoms with van der Waals surface area (Å²) in [5.41, 5.74) is 0. The average Bonchev–Trinajstić information content (AvgIpc) is 2.37. The summed E-state index contributed by atoms with van der Waals surface area (Å²) in [4.78, 5) is 0. The molecule has 0 heterocycles. The van der Waals surface area contributed by atoms with Gasteiger partial charge < -0.3 is 0 Å².